The molecule has 7 nitrogen and oxygen atoms in total. The van der Waals surface area contributed by atoms with Crippen molar-refractivity contribution in [2.24, 2.45) is 0 Å². The molecule has 27 heavy (non-hydrogen) atoms. The van der Waals surface area contributed by atoms with Crippen LogP contribution in [-0.4, -0.2) is 40.0 Å². The Balaban J connectivity index is 1.67. The Morgan fingerprint density at radius 3 is 2.93 bits per heavy atom. The van der Waals surface area contributed by atoms with E-state index in [-0.39, 0.29) is 31.3 Å². The number of carbonyl (C=O) groups excluding carboxylic acids is 2. The Bertz CT molecular complexity index is 873. The third-order valence-electron chi connectivity index (χ3n) is 4.43. The van der Waals surface area contributed by atoms with Crippen LogP contribution in [0.2, 0.25) is 0 Å². The molecule has 8 heteroatoms. The van der Waals surface area contributed by atoms with Crippen molar-refractivity contribution in [2.45, 2.75) is 32.2 Å². The maximum absolute atomic E-state index is 12.3. The summed E-state index contributed by atoms with van der Waals surface area (Å²) in [5.74, 6) is -0.264. The number of amides is 2. The second-order valence-corrected chi connectivity index (χ2v) is 7.33. The van der Waals surface area contributed by atoms with Gasteiger partial charge >= 0.3 is 0 Å². The quantitative estimate of drug-likeness (QED) is 0.791. The standard InChI is InChI=1S/C19H20N4O3S/c20-11-15-14-6-9-23(18(26)7-10-24)12-16(14)27-19(15)22-17(25)5-4-13-3-1-2-8-21-13/h1-3,8,24H,4-7,9-10,12H2,(H,22,25). The van der Waals surface area contributed by atoms with Crippen LogP contribution >= 0.6 is 11.3 Å². The average Bonchev–Trinajstić information content (AvgIpc) is 3.03. The van der Waals surface area contributed by atoms with E-state index >= 15 is 0 Å². The molecule has 0 radical (unpaired) electrons. The van der Waals surface area contributed by atoms with E-state index in [2.05, 4.69) is 16.4 Å². The fourth-order valence-corrected chi connectivity index (χ4v) is 4.28. The molecule has 2 N–H and O–H groups in total. The number of aliphatic hydroxyl groups excluding tert-OH is 1. The summed E-state index contributed by atoms with van der Waals surface area (Å²) in [4.78, 5) is 31.1. The van der Waals surface area contributed by atoms with Gasteiger partial charge in [-0.15, -0.1) is 11.3 Å². The number of carbonyl (C=O) groups is 2. The summed E-state index contributed by atoms with van der Waals surface area (Å²) in [6.07, 6.45) is 3.19. The fourth-order valence-electron chi connectivity index (χ4n) is 3.05. The highest BCUT2D eigenvalue weighted by molar-refractivity contribution is 7.16. The van der Waals surface area contributed by atoms with E-state index in [0.717, 1.165) is 16.1 Å². The zero-order valence-corrected chi connectivity index (χ0v) is 15.6. The number of pyridine rings is 1. The number of nitrogens with zero attached hydrogens (tertiary/aromatic N) is 3. The predicted octanol–water partition coefficient (Wildman–Crippen LogP) is 1.85. The third-order valence-corrected chi connectivity index (χ3v) is 5.57. The van der Waals surface area contributed by atoms with Crippen molar-refractivity contribution in [2.75, 3.05) is 18.5 Å². The van der Waals surface area contributed by atoms with Crippen molar-refractivity contribution in [3.63, 3.8) is 0 Å². The van der Waals surface area contributed by atoms with Crippen LogP contribution in [0.1, 0.15) is 34.5 Å². The smallest absolute Gasteiger partial charge is 0.225 e. The third kappa shape index (κ3) is 4.51. The minimum absolute atomic E-state index is 0.100. The topological polar surface area (TPSA) is 106 Å². The van der Waals surface area contributed by atoms with Crippen LogP contribution in [0.5, 0.6) is 0 Å². The first-order valence-corrected chi connectivity index (χ1v) is 9.57. The van der Waals surface area contributed by atoms with Gasteiger partial charge in [0.25, 0.3) is 0 Å². The molecular formula is C19H20N4O3S. The van der Waals surface area contributed by atoms with E-state index < -0.39 is 0 Å². The zero-order chi connectivity index (χ0) is 19.2. The van der Waals surface area contributed by atoms with Gasteiger partial charge in [0.2, 0.25) is 11.8 Å². The number of anilines is 1. The molecule has 1 aliphatic heterocycles. The van der Waals surface area contributed by atoms with Crippen molar-refractivity contribution >= 4 is 28.2 Å². The summed E-state index contributed by atoms with van der Waals surface area (Å²) in [7, 11) is 0. The lowest BCUT2D eigenvalue weighted by Gasteiger charge is -2.26. The molecule has 0 aliphatic carbocycles. The van der Waals surface area contributed by atoms with Gasteiger partial charge in [0.1, 0.15) is 11.1 Å². The number of nitriles is 1. The molecule has 0 fully saturated rings. The van der Waals surface area contributed by atoms with Crippen LogP contribution in [0.25, 0.3) is 0 Å². The lowest BCUT2D eigenvalue weighted by atomic mass is 10.0. The van der Waals surface area contributed by atoms with E-state index in [1.54, 1.807) is 11.1 Å². The SMILES string of the molecule is N#Cc1c(NC(=O)CCc2ccccn2)sc2c1CCN(C(=O)CCO)C2. The van der Waals surface area contributed by atoms with E-state index in [1.165, 1.54) is 11.3 Å². The molecule has 3 heterocycles. The molecule has 140 valence electrons. The molecule has 0 unspecified atom stereocenters. The van der Waals surface area contributed by atoms with Gasteiger partial charge in [-0.3, -0.25) is 14.6 Å². The molecule has 0 atom stereocenters. The first-order valence-electron chi connectivity index (χ1n) is 8.75. The van der Waals surface area contributed by atoms with Gasteiger partial charge < -0.3 is 15.3 Å². The summed E-state index contributed by atoms with van der Waals surface area (Å²) < 4.78 is 0. The molecule has 2 aromatic rings. The molecular weight excluding hydrogens is 364 g/mol. The summed E-state index contributed by atoms with van der Waals surface area (Å²) in [5, 5.41) is 21.9. The second kappa shape index (κ2) is 8.75. The first-order chi connectivity index (χ1) is 13.1. The molecule has 0 saturated heterocycles. The van der Waals surface area contributed by atoms with Crippen molar-refractivity contribution in [3.05, 3.63) is 46.1 Å². The number of rotatable bonds is 6. The Morgan fingerprint density at radius 1 is 1.37 bits per heavy atom. The molecule has 3 rings (SSSR count). The van der Waals surface area contributed by atoms with Crippen molar-refractivity contribution in [3.8, 4) is 6.07 Å². The average molecular weight is 384 g/mol. The molecule has 2 aromatic heterocycles. The van der Waals surface area contributed by atoms with Crippen molar-refractivity contribution < 1.29 is 14.7 Å². The number of aryl methyl sites for hydroxylation is 1. The summed E-state index contributed by atoms with van der Waals surface area (Å²) in [5.41, 5.74) is 2.25. The van der Waals surface area contributed by atoms with Crippen molar-refractivity contribution in [1.82, 2.24) is 9.88 Å². The van der Waals surface area contributed by atoms with Crippen LogP contribution in [0, 0.1) is 11.3 Å². The van der Waals surface area contributed by atoms with Crippen LogP contribution in [0.3, 0.4) is 0 Å². The predicted molar refractivity (Wildman–Crippen MR) is 101 cm³/mol. The van der Waals surface area contributed by atoms with Gasteiger partial charge in [-0.05, 0) is 30.5 Å². The number of hydrogen-bond acceptors (Lipinski definition) is 6. The van der Waals surface area contributed by atoms with Crippen LogP contribution < -0.4 is 5.32 Å². The number of aliphatic hydroxyl groups is 1. The van der Waals surface area contributed by atoms with E-state index in [0.29, 0.717) is 36.5 Å². The molecule has 0 aromatic carbocycles. The Labute approximate surface area is 161 Å². The minimum Gasteiger partial charge on any atom is -0.396 e. The monoisotopic (exact) mass is 384 g/mol. The van der Waals surface area contributed by atoms with Gasteiger partial charge in [-0.25, -0.2) is 0 Å². The highest BCUT2D eigenvalue weighted by Crippen LogP contribution is 2.36. The zero-order valence-electron chi connectivity index (χ0n) is 14.8. The van der Waals surface area contributed by atoms with Gasteiger partial charge in [0.05, 0.1) is 18.7 Å². The number of fused-ring (bicyclic) bond motifs is 1. The lowest BCUT2D eigenvalue weighted by molar-refractivity contribution is -0.132. The van der Waals surface area contributed by atoms with Crippen LogP contribution in [-0.2, 0) is 29.0 Å². The van der Waals surface area contributed by atoms with Crippen LogP contribution in [0.15, 0.2) is 24.4 Å². The maximum Gasteiger partial charge on any atom is 0.225 e. The largest absolute Gasteiger partial charge is 0.396 e. The summed E-state index contributed by atoms with van der Waals surface area (Å²) >= 11 is 1.35. The first kappa shape index (κ1) is 19.0. The van der Waals surface area contributed by atoms with Crippen LogP contribution in [0.4, 0.5) is 5.00 Å². The van der Waals surface area contributed by atoms with Gasteiger partial charge in [0.15, 0.2) is 0 Å². The molecule has 1 aliphatic rings. The highest BCUT2D eigenvalue weighted by atomic mass is 32.1. The molecule has 0 bridgehead atoms. The maximum atomic E-state index is 12.3. The van der Waals surface area contributed by atoms with Crippen molar-refractivity contribution in [1.29, 1.82) is 5.26 Å². The number of aromatic nitrogens is 1. The number of thiophene rings is 1. The lowest BCUT2D eigenvalue weighted by Crippen LogP contribution is -2.35. The summed E-state index contributed by atoms with van der Waals surface area (Å²) in [6.45, 7) is 0.759. The number of hydrogen-bond donors (Lipinski definition) is 2. The minimum atomic E-state index is -0.173. The number of nitrogens with one attached hydrogen (secondary N) is 1. The van der Waals surface area contributed by atoms with E-state index in [4.69, 9.17) is 5.11 Å². The van der Waals surface area contributed by atoms with E-state index in [1.807, 2.05) is 18.2 Å². The molecule has 0 spiro atoms. The summed E-state index contributed by atoms with van der Waals surface area (Å²) in [6, 6.07) is 7.77. The molecule has 2 amide bonds. The van der Waals surface area contributed by atoms with Gasteiger partial charge in [0, 0.05) is 36.2 Å². The van der Waals surface area contributed by atoms with Gasteiger partial charge in [-0.1, -0.05) is 6.07 Å². The second-order valence-electron chi connectivity index (χ2n) is 6.23. The highest BCUT2D eigenvalue weighted by Gasteiger charge is 2.27. The molecule has 0 saturated carbocycles. The van der Waals surface area contributed by atoms with Gasteiger partial charge in [-0.2, -0.15) is 5.26 Å². The Hall–Kier alpha value is -2.76. The normalized spacial score (nSPS) is 13.0. The Kier molecular flexibility index (Phi) is 6.16. The fraction of sp³-hybridized carbons (Fsp3) is 0.368. The van der Waals surface area contributed by atoms with E-state index in [9.17, 15) is 14.9 Å². The Morgan fingerprint density at radius 2 is 2.22 bits per heavy atom.